The van der Waals surface area contributed by atoms with Gasteiger partial charge in [-0.3, -0.25) is 14.4 Å². The summed E-state index contributed by atoms with van der Waals surface area (Å²) in [6.45, 7) is 4.80. The lowest BCUT2D eigenvalue weighted by molar-refractivity contribution is -0.155. The van der Waals surface area contributed by atoms with Crippen LogP contribution < -0.4 is 4.74 Å². The fourth-order valence-corrected chi connectivity index (χ4v) is 2.60. The van der Waals surface area contributed by atoms with Crippen LogP contribution in [0.3, 0.4) is 0 Å². The van der Waals surface area contributed by atoms with Crippen molar-refractivity contribution >= 4 is 18.3 Å². The van der Waals surface area contributed by atoms with E-state index < -0.39 is 6.04 Å². The second kappa shape index (κ2) is 9.54. The average Bonchev–Trinajstić information content (AvgIpc) is 2.57. The highest BCUT2D eigenvalue weighted by Crippen LogP contribution is 2.19. The Bertz CT molecular complexity index is 576. The number of methoxy groups -OCH3 is 1. The minimum atomic E-state index is -0.413. The lowest BCUT2D eigenvalue weighted by Crippen LogP contribution is -2.58. The summed E-state index contributed by atoms with van der Waals surface area (Å²) in [5.41, 5.74) is 0.964. The highest BCUT2D eigenvalue weighted by Gasteiger charge is 2.35. The number of carbonyl (C=O) groups is 3. The van der Waals surface area contributed by atoms with E-state index in [0.29, 0.717) is 13.1 Å². The van der Waals surface area contributed by atoms with E-state index in [9.17, 15) is 9.59 Å². The van der Waals surface area contributed by atoms with Gasteiger partial charge in [-0.05, 0) is 31.0 Å². The fourth-order valence-electron chi connectivity index (χ4n) is 2.60. The Morgan fingerprint density at radius 3 is 2.62 bits per heavy atom. The number of amides is 2. The lowest BCUT2D eigenvalue weighted by atomic mass is 10.1. The molecule has 2 rings (SSSR count). The molecule has 0 aromatic heterocycles. The number of rotatable bonds is 5. The molecular formula is C17H24N2O5. The van der Waals surface area contributed by atoms with E-state index in [-0.39, 0.29) is 24.8 Å². The second-order valence-electron chi connectivity index (χ2n) is 5.41. The number of carboxylic acid groups (broad SMARTS) is 1. The summed E-state index contributed by atoms with van der Waals surface area (Å²) in [7, 11) is 1.61. The fraction of sp³-hybridized carbons (Fsp3) is 0.471. The molecule has 1 atom stereocenters. The maximum atomic E-state index is 12.3. The number of nitrogens with zero attached hydrogens (tertiary/aromatic N) is 2. The van der Waals surface area contributed by atoms with Crippen molar-refractivity contribution in [3.05, 3.63) is 29.8 Å². The van der Waals surface area contributed by atoms with E-state index in [4.69, 9.17) is 14.6 Å². The molecule has 2 amide bonds. The van der Waals surface area contributed by atoms with Gasteiger partial charge >= 0.3 is 0 Å². The predicted molar refractivity (Wildman–Crippen MR) is 88.6 cm³/mol. The number of ether oxygens (including phenoxy) is 1. The summed E-state index contributed by atoms with van der Waals surface area (Å²) in [6, 6.07) is 7.16. The first-order valence-corrected chi connectivity index (χ1v) is 7.77. The Morgan fingerprint density at radius 2 is 2.04 bits per heavy atom. The first-order chi connectivity index (χ1) is 11.5. The summed E-state index contributed by atoms with van der Waals surface area (Å²) in [6.07, 6.45) is 0.863. The van der Waals surface area contributed by atoms with Crippen LogP contribution >= 0.6 is 0 Å². The van der Waals surface area contributed by atoms with E-state index >= 15 is 0 Å². The van der Waals surface area contributed by atoms with Gasteiger partial charge in [0, 0.05) is 13.1 Å². The third-order valence-electron chi connectivity index (χ3n) is 3.76. The SMILES string of the molecule is CCCN1CC(=O)N(Cc2cccc(OC)c2)[C@@H](C)C1=O.O=CO. The highest BCUT2D eigenvalue weighted by atomic mass is 16.5. The molecule has 1 aromatic rings. The van der Waals surface area contributed by atoms with Crippen LogP contribution in [-0.4, -0.2) is 59.4 Å². The molecule has 0 spiro atoms. The van der Waals surface area contributed by atoms with Gasteiger partial charge in [0.2, 0.25) is 11.8 Å². The number of benzene rings is 1. The van der Waals surface area contributed by atoms with Crippen LogP contribution in [0.15, 0.2) is 24.3 Å². The standard InChI is InChI=1S/C16H22N2O3.CH2O2/c1-4-8-17-11-15(19)18(12(2)16(17)20)10-13-6-5-7-14(9-13)21-3;2-1-3/h5-7,9,12H,4,8,10-11H2,1-3H3;1H,(H,2,3)/t12-;/m0./s1. The zero-order valence-corrected chi connectivity index (χ0v) is 14.3. The molecule has 0 radical (unpaired) electrons. The highest BCUT2D eigenvalue weighted by molar-refractivity contribution is 5.94. The van der Waals surface area contributed by atoms with E-state index in [1.165, 1.54) is 0 Å². The van der Waals surface area contributed by atoms with Gasteiger partial charge in [0.25, 0.3) is 6.47 Å². The van der Waals surface area contributed by atoms with Gasteiger partial charge in [0.15, 0.2) is 0 Å². The molecule has 1 fully saturated rings. The number of piperazine rings is 1. The third kappa shape index (κ3) is 4.97. The molecule has 0 unspecified atom stereocenters. The smallest absolute Gasteiger partial charge is 0.290 e. The van der Waals surface area contributed by atoms with Crippen molar-refractivity contribution < 1.29 is 24.2 Å². The molecule has 1 aliphatic heterocycles. The van der Waals surface area contributed by atoms with Gasteiger partial charge in [-0.1, -0.05) is 19.1 Å². The van der Waals surface area contributed by atoms with Gasteiger partial charge < -0.3 is 19.6 Å². The average molecular weight is 336 g/mol. The van der Waals surface area contributed by atoms with Crippen LogP contribution in [0.25, 0.3) is 0 Å². The molecule has 132 valence electrons. The predicted octanol–water partition coefficient (Wildman–Crippen LogP) is 1.37. The van der Waals surface area contributed by atoms with Gasteiger partial charge in [-0.2, -0.15) is 0 Å². The van der Waals surface area contributed by atoms with Crippen molar-refractivity contribution in [1.82, 2.24) is 9.80 Å². The zero-order chi connectivity index (χ0) is 18.1. The molecule has 7 heteroatoms. The quantitative estimate of drug-likeness (QED) is 0.821. The summed E-state index contributed by atoms with van der Waals surface area (Å²) < 4.78 is 5.19. The van der Waals surface area contributed by atoms with Gasteiger partial charge in [0.1, 0.15) is 11.8 Å². The minimum Gasteiger partial charge on any atom is -0.497 e. The van der Waals surface area contributed by atoms with Crippen LogP contribution in [0.2, 0.25) is 0 Å². The molecular weight excluding hydrogens is 312 g/mol. The summed E-state index contributed by atoms with van der Waals surface area (Å²) in [5.74, 6) is 0.779. The molecule has 0 bridgehead atoms. The first kappa shape index (κ1) is 19.5. The van der Waals surface area contributed by atoms with Gasteiger partial charge in [0.05, 0.1) is 13.7 Å². The van der Waals surface area contributed by atoms with Crippen LogP contribution in [0.4, 0.5) is 0 Å². The Balaban J connectivity index is 0.000000891. The Kier molecular flexibility index (Phi) is 7.74. The van der Waals surface area contributed by atoms with Crippen LogP contribution in [0.1, 0.15) is 25.8 Å². The topological polar surface area (TPSA) is 87.2 Å². The molecule has 1 saturated heterocycles. The lowest BCUT2D eigenvalue weighted by Gasteiger charge is -2.38. The molecule has 24 heavy (non-hydrogen) atoms. The molecule has 1 aliphatic rings. The number of carbonyl (C=O) groups excluding carboxylic acids is 2. The molecule has 1 heterocycles. The number of hydrogen-bond acceptors (Lipinski definition) is 4. The maximum Gasteiger partial charge on any atom is 0.290 e. The van der Waals surface area contributed by atoms with Crippen LogP contribution in [0.5, 0.6) is 5.75 Å². The van der Waals surface area contributed by atoms with E-state index in [2.05, 4.69) is 0 Å². The largest absolute Gasteiger partial charge is 0.497 e. The first-order valence-electron chi connectivity index (χ1n) is 7.77. The summed E-state index contributed by atoms with van der Waals surface area (Å²) in [4.78, 5) is 36.2. The zero-order valence-electron chi connectivity index (χ0n) is 14.3. The third-order valence-corrected chi connectivity index (χ3v) is 3.76. The number of hydrogen-bond donors (Lipinski definition) is 1. The molecule has 0 saturated carbocycles. The van der Waals surface area contributed by atoms with Crippen LogP contribution in [0, 0.1) is 0 Å². The summed E-state index contributed by atoms with van der Waals surface area (Å²) in [5, 5.41) is 6.89. The Morgan fingerprint density at radius 1 is 1.38 bits per heavy atom. The normalized spacial score (nSPS) is 17.2. The Labute approximate surface area is 141 Å². The van der Waals surface area contributed by atoms with E-state index in [1.54, 1.807) is 23.8 Å². The maximum absolute atomic E-state index is 12.3. The summed E-state index contributed by atoms with van der Waals surface area (Å²) >= 11 is 0. The van der Waals surface area contributed by atoms with Crippen LogP contribution in [-0.2, 0) is 20.9 Å². The van der Waals surface area contributed by atoms with Gasteiger partial charge in [-0.25, -0.2) is 0 Å². The minimum absolute atomic E-state index is 0.00151. The molecule has 1 N–H and O–H groups in total. The van der Waals surface area contributed by atoms with Crippen molar-refractivity contribution in [1.29, 1.82) is 0 Å². The van der Waals surface area contributed by atoms with Crippen molar-refractivity contribution in [2.24, 2.45) is 0 Å². The monoisotopic (exact) mass is 336 g/mol. The molecule has 0 aliphatic carbocycles. The van der Waals surface area contributed by atoms with Crippen molar-refractivity contribution in [2.75, 3.05) is 20.2 Å². The van der Waals surface area contributed by atoms with E-state index in [1.807, 2.05) is 31.2 Å². The van der Waals surface area contributed by atoms with Crippen molar-refractivity contribution in [2.45, 2.75) is 32.9 Å². The van der Waals surface area contributed by atoms with Gasteiger partial charge in [-0.15, -0.1) is 0 Å². The second-order valence-corrected chi connectivity index (χ2v) is 5.41. The van der Waals surface area contributed by atoms with Crippen molar-refractivity contribution in [3.8, 4) is 5.75 Å². The molecule has 7 nitrogen and oxygen atoms in total. The van der Waals surface area contributed by atoms with Crippen molar-refractivity contribution in [3.63, 3.8) is 0 Å². The van der Waals surface area contributed by atoms with E-state index in [0.717, 1.165) is 17.7 Å². The Hall–Kier alpha value is -2.57. The molecule has 1 aromatic carbocycles.